The van der Waals surface area contributed by atoms with E-state index < -0.39 is 23.4 Å². The van der Waals surface area contributed by atoms with Crippen LogP contribution in [0.5, 0.6) is 0 Å². The summed E-state index contributed by atoms with van der Waals surface area (Å²) < 4.78 is 1.47. The number of anilines is 1. The number of pyridine rings is 1. The summed E-state index contributed by atoms with van der Waals surface area (Å²) in [5.41, 5.74) is 0.270. The van der Waals surface area contributed by atoms with Crippen molar-refractivity contribution >= 4 is 46.7 Å². The first kappa shape index (κ1) is 26.4. The molecule has 1 spiro atoms. The number of hydrogen-bond acceptors (Lipinski definition) is 7. The number of carbonyl (C=O) groups is 3. The fourth-order valence-electron chi connectivity index (χ4n) is 5.52. The van der Waals surface area contributed by atoms with E-state index in [0.29, 0.717) is 22.5 Å². The van der Waals surface area contributed by atoms with Gasteiger partial charge in [0.05, 0.1) is 29.4 Å². The number of nitriles is 1. The van der Waals surface area contributed by atoms with Crippen LogP contribution in [0.3, 0.4) is 0 Å². The number of amides is 4. The van der Waals surface area contributed by atoms with Crippen LogP contribution in [0.2, 0.25) is 10.0 Å². The topological polar surface area (TPSA) is 128 Å². The zero-order chi connectivity index (χ0) is 28.9. The maximum atomic E-state index is 14.3. The molecular formula is C28H20Cl2N8O3. The molecule has 2 aromatic heterocycles. The molecule has 0 radical (unpaired) electrons. The molecule has 2 aromatic carbocycles. The quantitative estimate of drug-likeness (QED) is 0.331. The zero-order valence-electron chi connectivity index (χ0n) is 21.5. The molecule has 2 aliphatic heterocycles. The third-order valence-electron chi connectivity index (χ3n) is 7.54. The first-order valence-corrected chi connectivity index (χ1v) is 13.2. The number of nitrogens with zero attached hydrogens (tertiary/aromatic N) is 8. The highest BCUT2D eigenvalue weighted by atomic mass is 35.5. The summed E-state index contributed by atoms with van der Waals surface area (Å²) in [6, 6.07) is 16.1. The molecule has 6 rings (SSSR count). The third-order valence-corrected chi connectivity index (χ3v) is 7.98. The van der Waals surface area contributed by atoms with Crippen molar-refractivity contribution < 1.29 is 14.4 Å². The summed E-state index contributed by atoms with van der Waals surface area (Å²) in [7, 11) is 1.55. The zero-order valence-corrected chi connectivity index (χ0v) is 23.0. The molecule has 11 nitrogen and oxygen atoms in total. The minimum Gasteiger partial charge on any atom is -0.335 e. The van der Waals surface area contributed by atoms with Crippen molar-refractivity contribution in [3.8, 4) is 11.9 Å². The van der Waals surface area contributed by atoms with Crippen LogP contribution in [0.25, 0.3) is 5.82 Å². The maximum Gasteiger partial charge on any atom is 0.332 e. The smallest absolute Gasteiger partial charge is 0.332 e. The van der Waals surface area contributed by atoms with E-state index in [1.807, 2.05) is 0 Å². The summed E-state index contributed by atoms with van der Waals surface area (Å²) in [6.07, 6.45) is 4.31. The van der Waals surface area contributed by atoms with Crippen molar-refractivity contribution in [2.75, 3.05) is 25.0 Å². The number of rotatable bonds is 4. The fraction of sp³-hybridized carbons (Fsp3) is 0.179. The number of urea groups is 1. The number of imide groups is 1. The highest BCUT2D eigenvalue weighted by molar-refractivity contribution is 6.36. The molecule has 13 heteroatoms. The van der Waals surface area contributed by atoms with E-state index >= 15 is 0 Å². The van der Waals surface area contributed by atoms with Crippen LogP contribution in [0.15, 0.2) is 73.4 Å². The molecule has 0 bridgehead atoms. The molecule has 0 saturated carbocycles. The first-order valence-electron chi connectivity index (χ1n) is 12.4. The molecule has 2 unspecified atom stereocenters. The van der Waals surface area contributed by atoms with Gasteiger partial charge in [-0.25, -0.2) is 24.3 Å². The summed E-state index contributed by atoms with van der Waals surface area (Å²) in [5.74, 6) is -0.967. The van der Waals surface area contributed by atoms with Crippen molar-refractivity contribution in [3.63, 3.8) is 0 Å². The van der Waals surface area contributed by atoms with Crippen molar-refractivity contribution in [2.24, 2.45) is 0 Å². The van der Waals surface area contributed by atoms with Gasteiger partial charge in [-0.1, -0.05) is 35.3 Å². The summed E-state index contributed by atoms with van der Waals surface area (Å²) in [6.45, 7) is 0.0796. The second kappa shape index (κ2) is 9.99. The minimum atomic E-state index is -1.43. The van der Waals surface area contributed by atoms with E-state index in [1.165, 1.54) is 46.6 Å². The molecule has 2 saturated heterocycles. The Balaban J connectivity index is 1.40. The van der Waals surface area contributed by atoms with Gasteiger partial charge in [-0.2, -0.15) is 10.4 Å². The van der Waals surface area contributed by atoms with E-state index in [9.17, 15) is 19.6 Å². The van der Waals surface area contributed by atoms with E-state index in [-0.39, 0.29) is 34.7 Å². The molecule has 4 aromatic rings. The summed E-state index contributed by atoms with van der Waals surface area (Å²) in [5, 5.41) is 13.9. The Kier molecular flexibility index (Phi) is 6.44. The Morgan fingerprint density at radius 1 is 1.07 bits per heavy atom. The Morgan fingerprint density at radius 3 is 2.41 bits per heavy atom. The normalized spacial score (nSPS) is 20.2. The Hall–Kier alpha value is -4.79. The molecule has 0 N–H and O–H groups in total. The van der Waals surface area contributed by atoms with Gasteiger partial charge in [-0.3, -0.25) is 9.59 Å². The minimum absolute atomic E-state index is 0.0623. The summed E-state index contributed by atoms with van der Waals surface area (Å²) in [4.78, 5) is 53.9. The predicted octanol–water partition coefficient (Wildman–Crippen LogP) is 3.92. The van der Waals surface area contributed by atoms with Crippen LogP contribution in [0.4, 0.5) is 10.5 Å². The van der Waals surface area contributed by atoms with Crippen LogP contribution in [0.1, 0.15) is 27.4 Å². The lowest BCUT2D eigenvalue weighted by atomic mass is 9.80. The Morgan fingerprint density at radius 2 is 1.80 bits per heavy atom. The highest BCUT2D eigenvalue weighted by Crippen LogP contribution is 2.47. The fourth-order valence-corrected chi connectivity index (χ4v) is 6.03. The van der Waals surface area contributed by atoms with Gasteiger partial charge in [0.2, 0.25) is 0 Å². The Labute approximate surface area is 244 Å². The van der Waals surface area contributed by atoms with Gasteiger partial charge in [-0.05, 0) is 48.0 Å². The van der Waals surface area contributed by atoms with Crippen molar-refractivity contribution in [1.82, 2.24) is 29.5 Å². The molecule has 2 fully saturated rings. The van der Waals surface area contributed by atoms with Crippen LogP contribution < -0.4 is 4.90 Å². The second-order valence-corrected chi connectivity index (χ2v) is 10.6. The number of halogens is 2. The molecule has 41 heavy (non-hydrogen) atoms. The molecule has 204 valence electrons. The van der Waals surface area contributed by atoms with Gasteiger partial charge in [0.25, 0.3) is 11.8 Å². The summed E-state index contributed by atoms with van der Waals surface area (Å²) >= 11 is 12.4. The van der Waals surface area contributed by atoms with E-state index in [1.54, 1.807) is 48.3 Å². The molecule has 4 heterocycles. The molecule has 2 atom stereocenters. The lowest BCUT2D eigenvalue weighted by Crippen LogP contribution is -2.54. The van der Waals surface area contributed by atoms with E-state index in [0.717, 1.165) is 4.90 Å². The van der Waals surface area contributed by atoms with Crippen LogP contribution >= 0.6 is 23.2 Å². The lowest BCUT2D eigenvalue weighted by molar-refractivity contribution is -0.124. The van der Waals surface area contributed by atoms with Crippen LogP contribution in [-0.2, 0) is 4.79 Å². The standard InChI is InChI=1S/C28H20Cl2N8O3/c1-35-27(41)38(22-9-20(29)8-21(30)10-22)26(40)28(35)14-36(13-23(28)18-4-2-17(11-31)3-5-18)25(39)19-6-7-24(33-12-19)37-16-32-15-34-37/h2-10,12,15-16,23H,13-14H2,1H3. The van der Waals surface area contributed by atoms with E-state index in [2.05, 4.69) is 21.1 Å². The van der Waals surface area contributed by atoms with Gasteiger partial charge in [-0.15, -0.1) is 0 Å². The number of aromatic nitrogens is 4. The van der Waals surface area contributed by atoms with E-state index in [4.69, 9.17) is 23.2 Å². The molecular weight excluding hydrogens is 567 g/mol. The average Bonchev–Trinajstić information content (AvgIpc) is 3.69. The first-order chi connectivity index (χ1) is 19.7. The lowest BCUT2D eigenvalue weighted by Gasteiger charge is -2.33. The van der Waals surface area contributed by atoms with Gasteiger partial charge < -0.3 is 9.80 Å². The number of likely N-dealkylation sites (N-methyl/N-ethyl adjacent to an activating group) is 1. The predicted molar refractivity (Wildman–Crippen MR) is 149 cm³/mol. The Bertz CT molecular complexity index is 1700. The SMILES string of the molecule is CN1C(=O)N(c2cc(Cl)cc(Cl)c2)C(=O)C12CN(C(=O)c1ccc(-n3cncn3)nc1)CC2c1ccc(C#N)cc1. The second-order valence-electron chi connectivity index (χ2n) is 9.75. The molecule has 0 aliphatic carbocycles. The van der Waals surface area contributed by atoms with Crippen LogP contribution in [0, 0.1) is 11.3 Å². The van der Waals surface area contributed by atoms with Crippen molar-refractivity contribution in [1.29, 1.82) is 5.26 Å². The molecule has 2 aliphatic rings. The van der Waals surface area contributed by atoms with Gasteiger partial charge >= 0.3 is 6.03 Å². The monoisotopic (exact) mass is 586 g/mol. The highest BCUT2D eigenvalue weighted by Gasteiger charge is 2.65. The van der Waals surface area contributed by atoms with Gasteiger partial charge in [0.15, 0.2) is 5.82 Å². The van der Waals surface area contributed by atoms with Crippen molar-refractivity contribution in [3.05, 3.63) is 100 Å². The third kappa shape index (κ3) is 4.28. The van der Waals surface area contributed by atoms with Gasteiger partial charge in [0.1, 0.15) is 18.2 Å². The number of carbonyl (C=O) groups excluding carboxylic acids is 3. The van der Waals surface area contributed by atoms with Crippen LogP contribution in [-0.4, -0.2) is 73.1 Å². The number of likely N-dealkylation sites (tertiary alicyclic amines) is 1. The van der Waals surface area contributed by atoms with Gasteiger partial charge in [0, 0.05) is 35.8 Å². The average molecular weight is 587 g/mol. The number of hydrogen-bond donors (Lipinski definition) is 0. The number of benzene rings is 2. The molecule has 4 amide bonds. The van der Waals surface area contributed by atoms with Crippen molar-refractivity contribution in [2.45, 2.75) is 11.5 Å². The largest absolute Gasteiger partial charge is 0.335 e. The maximum absolute atomic E-state index is 14.3.